The Morgan fingerprint density at radius 3 is 1.56 bits per heavy atom. The molecule has 0 saturated carbocycles. The Hall–Kier alpha value is -0.170. The van der Waals surface area contributed by atoms with E-state index in [1.54, 1.807) is 6.92 Å². The molecule has 96 valence electrons. The Balaban J connectivity index is 0.000000165. The summed E-state index contributed by atoms with van der Waals surface area (Å²) in [6.45, 7) is 1.62. The fraction of sp³-hybridized carbons (Fsp3) is 1.00. The van der Waals surface area contributed by atoms with Crippen LogP contribution in [-0.4, -0.2) is 46.0 Å². The number of rotatable bonds is 0. The molecule has 0 bridgehead atoms. The Kier molecular flexibility index (Phi) is 4.34. The normalized spacial score (nSPS) is 35.4. The average Bonchev–Trinajstić information content (AvgIpc) is 2.57. The first-order valence-corrected chi connectivity index (χ1v) is 8.91. The Morgan fingerprint density at radius 2 is 1.44 bits per heavy atom. The van der Waals surface area contributed by atoms with Gasteiger partial charge in [-0.25, -0.2) is 21.2 Å². The smallest absolute Gasteiger partial charge is 0.153 e. The molecule has 2 aliphatic rings. The van der Waals surface area contributed by atoms with Gasteiger partial charge in [0.1, 0.15) is 16.0 Å². The fourth-order valence-corrected chi connectivity index (χ4v) is 5.18. The third-order valence-corrected chi connectivity index (χ3v) is 6.39. The van der Waals surface area contributed by atoms with Crippen molar-refractivity contribution in [2.75, 3.05) is 23.0 Å². The zero-order valence-electron chi connectivity index (χ0n) is 9.22. The van der Waals surface area contributed by atoms with Crippen molar-refractivity contribution < 1.29 is 21.2 Å². The van der Waals surface area contributed by atoms with Gasteiger partial charge in [0, 0.05) is 5.92 Å². The minimum atomic E-state index is -3.02. The van der Waals surface area contributed by atoms with Gasteiger partial charge in [0.05, 0.1) is 23.0 Å². The molecule has 0 radical (unpaired) electrons. The van der Waals surface area contributed by atoms with Crippen molar-refractivity contribution in [2.45, 2.75) is 25.9 Å². The zero-order valence-corrected chi connectivity index (χ0v) is 10.9. The summed E-state index contributed by atoms with van der Waals surface area (Å²) in [6.07, 6.45) is 0.625. The van der Waals surface area contributed by atoms with Gasteiger partial charge in [-0.1, -0.05) is 6.92 Å². The largest absolute Gasteiger partial charge is 0.246 e. The van der Waals surface area contributed by atoms with Crippen LogP contribution in [0.25, 0.3) is 0 Å². The summed E-state index contributed by atoms with van der Waals surface area (Å²) < 4.78 is 54.5. The predicted molar refractivity (Wildman–Crippen MR) is 60.6 cm³/mol. The van der Waals surface area contributed by atoms with Gasteiger partial charge in [-0.15, -0.1) is 0 Å². The standard InChI is InChI=1S/C5H9FO2S.C4H8O2S/c1-4-2-9(7,8)3-5(4)6;5-7(6)3-1-2-4-7/h4-5H,2-3H2,1H3;1-4H2. The molecule has 2 rings (SSSR count). The lowest BCUT2D eigenvalue weighted by molar-refractivity contribution is 0.300. The molecular weight excluding hydrogens is 255 g/mol. The summed E-state index contributed by atoms with van der Waals surface area (Å²) in [4.78, 5) is 0. The molecule has 0 N–H and O–H groups in total. The molecule has 2 heterocycles. The minimum Gasteiger partial charge on any atom is -0.246 e. The van der Waals surface area contributed by atoms with Crippen LogP contribution in [0, 0.1) is 5.92 Å². The van der Waals surface area contributed by atoms with Gasteiger partial charge in [0.15, 0.2) is 9.84 Å². The van der Waals surface area contributed by atoms with Gasteiger partial charge >= 0.3 is 0 Å². The highest BCUT2D eigenvalue weighted by Gasteiger charge is 2.34. The molecule has 0 aromatic heterocycles. The van der Waals surface area contributed by atoms with Gasteiger partial charge < -0.3 is 0 Å². The maximum absolute atomic E-state index is 12.4. The monoisotopic (exact) mass is 272 g/mol. The first kappa shape index (κ1) is 13.9. The van der Waals surface area contributed by atoms with E-state index < -0.39 is 25.8 Å². The second-order valence-corrected chi connectivity index (χ2v) is 8.89. The van der Waals surface area contributed by atoms with Crippen LogP contribution in [0.1, 0.15) is 19.8 Å². The topological polar surface area (TPSA) is 68.3 Å². The second-order valence-electron chi connectivity index (χ2n) is 4.43. The number of halogens is 1. The average molecular weight is 272 g/mol. The molecule has 0 amide bonds. The maximum atomic E-state index is 12.4. The van der Waals surface area contributed by atoms with Crippen LogP contribution >= 0.6 is 0 Å². The van der Waals surface area contributed by atoms with Gasteiger partial charge in [-0.2, -0.15) is 0 Å². The van der Waals surface area contributed by atoms with E-state index in [-0.39, 0.29) is 17.4 Å². The summed E-state index contributed by atoms with van der Waals surface area (Å²) in [6, 6.07) is 0. The van der Waals surface area contributed by atoms with Crippen molar-refractivity contribution >= 4 is 19.7 Å². The first-order chi connectivity index (χ1) is 7.22. The van der Waals surface area contributed by atoms with Crippen molar-refractivity contribution in [3.63, 3.8) is 0 Å². The quantitative estimate of drug-likeness (QED) is 0.647. The summed E-state index contributed by atoms with van der Waals surface area (Å²) in [7, 11) is -5.57. The molecular formula is C9H17FO4S2. The first-order valence-electron chi connectivity index (χ1n) is 5.27. The van der Waals surface area contributed by atoms with E-state index >= 15 is 0 Å². The summed E-state index contributed by atoms with van der Waals surface area (Å²) in [5.41, 5.74) is 0. The molecule has 0 aromatic carbocycles. The number of sulfone groups is 2. The zero-order chi connectivity index (χ0) is 12.4. The van der Waals surface area contributed by atoms with E-state index in [9.17, 15) is 21.2 Å². The lowest BCUT2D eigenvalue weighted by atomic mass is 10.1. The van der Waals surface area contributed by atoms with Gasteiger partial charge in [0.2, 0.25) is 0 Å². The summed E-state index contributed by atoms with van der Waals surface area (Å²) in [5, 5.41) is 0. The molecule has 2 fully saturated rings. The molecule has 0 spiro atoms. The highest BCUT2D eigenvalue weighted by molar-refractivity contribution is 7.91. The second kappa shape index (κ2) is 5.00. The van der Waals surface area contributed by atoms with Crippen LogP contribution in [-0.2, 0) is 19.7 Å². The SMILES string of the molecule is CC1CS(=O)(=O)CC1F.O=S1(=O)CCCC1. The summed E-state index contributed by atoms with van der Waals surface area (Å²) >= 11 is 0. The minimum absolute atomic E-state index is 0.0220. The van der Waals surface area contributed by atoms with Crippen LogP contribution in [0.4, 0.5) is 4.39 Å². The van der Waals surface area contributed by atoms with Crippen molar-refractivity contribution in [1.82, 2.24) is 0 Å². The van der Waals surface area contributed by atoms with E-state index in [0.29, 0.717) is 11.5 Å². The van der Waals surface area contributed by atoms with E-state index in [0.717, 1.165) is 12.8 Å². The van der Waals surface area contributed by atoms with Crippen molar-refractivity contribution in [1.29, 1.82) is 0 Å². The summed E-state index contributed by atoms with van der Waals surface area (Å²) in [5.74, 6) is 0.303. The Bertz CT molecular complexity index is 398. The fourth-order valence-electron chi connectivity index (χ4n) is 1.73. The Labute approximate surface area is 96.1 Å². The van der Waals surface area contributed by atoms with Crippen LogP contribution in [0.3, 0.4) is 0 Å². The third-order valence-electron chi connectivity index (χ3n) is 2.71. The van der Waals surface area contributed by atoms with Crippen molar-refractivity contribution in [3.05, 3.63) is 0 Å². The van der Waals surface area contributed by atoms with Crippen LogP contribution < -0.4 is 0 Å². The third kappa shape index (κ3) is 4.37. The van der Waals surface area contributed by atoms with Crippen molar-refractivity contribution in [2.24, 2.45) is 5.92 Å². The molecule has 2 atom stereocenters. The highest BCUT2D eigenvalue weighted by atomic mass is 32.2. The molecule has 0 aliphatic carbocycles. The number of hydrogen-bond donors (Lipinski definition) is 0. The molecule has 2 unspecified atom stereocenters. The van der Waals surface area contributed by atoms with E-state index in [1.807, 2.05) is 0 Å². The van der Waals surface area contributed by atoms with E-state index in [2.05, 4.69) is 0 Å². The van der Waals surface area contributed by atoms with Gasteiger partial charge in [-0.05, 0) is 12.8 Å². The molecule has 7 heteroatoms. The molecule has 16 heavy (non-hydrogen) atoms. The van der Waals surface area contributed by atoms with Crippen LogP contribution in [0.5, 0.6) is 0 Å². The lowest BCUT2D eigenvalue weighted by Crippen LogP contribution is -2.07. The molecule has 4 nitrogen and oxygen atoms in total. The van der Waals surface area contributed by atoms with E-state index in [4.69, 9.17) is 0 Å². The lowest BCUT2D eigenvalue weighted by Gasteiger charge is -1.98. The number of alkyl halides is 1. The predicted octanol–water partition coefficient (Wildman–Crippen LogP) is 0.584. The van der Waals surface area contributed by atoms with Gasteiger partial charge in [0.25, 0.3) is 0 Å². The highest BCUT2D eigenvalue weighted by Crippen LogP contribution is 2.20. The van der Waals surface area contributed by atoms with Crippen LogP contribution in [0.2, 0.25) is 0 Å². The molecule has 2 aliphatic heterocycles. The Morgan fingerprint density at radius 1 is 0.938 bits per heavy atom. The molecule has 2 saturated heterocycles. The van der Waals surface area contributed by atoms with Crippen LogP contribution in [0.15, 0.2) is 0 Å². The van der Waals surface area contributed by atoms with Crippen molar-refractivity contribution in [3.8, 4) is 0 Å². The number of hydrogen-bond acceptors (Lipinski definition) is 4. The maximum Gasteiger partial charge on any atom is 0.153 e. The van der Waals surface area contributed by atoms with E-state index in [1.165, 1.54) is 0 Å². The molecule has 0 aromatic rings. The van der Waals surface area contributed by atoms with Gasteiger partial charge in [-0.3, -0.25) is 0 Å².